The number of nitro groups is 1. The van der Waals surface area contributed by atoms with E-state index in [1.54, 1.807) is 18.2 Å². The lowest BCUT2D eigenvalue weighted by molar-refractivity contribution is -0.422. The van der Waals surface area contributed by atoms with Gasteiger partial charge in [-0.1, -0.05) is 6.07 Å². The van der Waals surface area contributed by atoms with Crippen LogP contribution in [0.25, 0.3) is 6.08 Å². The monoisotopic (exact) mass is 248 g/mol. The fourth-order valence-corrected chi connectivity index (χ4v) is 1.30. The Bertz CT molecular complexity index is 517. The number of benzene rings is 1. The van der Waals surface area contributed by atoms with Crippen molar-refractivity contribution in [2.24, 2.45) is 0 Å². The molecule has 18 heavy (non-hydrogen) atoms. The van der Waals surface area contributed by atoms with E-state index in [0.29, 0.717) is 17.1 Å². The maximum Gasteiger partial charge on any atom is 0.243 e. The van der Waals surface area contributed by atoms with Crippen molar-refractivity contribution in [3.63, 3.8) is 0 Å². The summed E-state index contributed by atoms with van der Waals surface area (Å²) in [5.74, 6) is 0.852. The van der Waals surface area contributed by atoms with Gasteiger partial charge in [-0.3, -0.25) is 10.1 Å². The highest BCUT2D eigenvalue weighted by molar-refractivity contribution is 5.56. The van der Waals surface area contributed by atoms with Crippen molar-refractivity contribution < 1.29 is 14.4 Å². The Labute approximate surface area is 104 Å². The van der Waals surface area contributed by atoms with Gasteiger partial charge in [-0.05, 0) is 17.7 Å². The molecule has 0 saturated carbocycles. The maximum atomic E-state index is 10.5. The third-order valence-electron chi connectivity index (χ3n) is 2.14. The molecular formula is C12H12N2O4. The van der Waals surface area contributed by atoms with Crippen LogP contribution in [0.1, 0.15) is 12.5 Å². The van der Waals surface area contributed by atoms with Crippen LogP contribution in [0.4, 0.5) is 0 Å². The standard InChI is InChI=1S/C12H12N2O4/c1-9(14(15)16)7-10-3-4-11(18-6-5-13)12(8-10)17-2/h3-4,7-8H,6H2,1-2H3. The molecule has 0 N–H and O–H groups in total. The van der Waals surface area contributed by atoms with E-state index >= 15 is 0 Å². The number of methoxy groups -OCH3 is 1. The Morgan fingerprint density at radius 2 is 2.28 bits per heavy atom. The normalized spacial score (nSPS) is 10.6. The minimum Gasteiger partial charge on any atom is -0.493 e. The van der Waals surface area contributed by atoms with E-state index in [1.165, 1.54) is 20.1 Å². The predicted molar refractivity (Wildman–Crippen MR) is 64.7 cm³/mol. The van der Waals surface area contributed by atoms with Gasteiger partial charge in [0.25, 0.3) is 0 Å². The van der Waals surface area contributed by atoms with Crippen molar-refractivity contribution in [1.29, 1.82) is 5.26 Å². The Morgan fingerprint density at radius 3 is 2.83 bits per heavy atom. The number of nitriles is 1. The van der Waals surface area contributed by atoms with Gasteiger partial charge < -0.3 is 9.47 Å². The van der Waals surface area contributed by atoms with Crippen LogP contribution in [0.3, 0.4) is 0 Å². The second kappa shape index (κ2) is 6.25. The minimum absolute atomic E-state index is 0.0303. The van der Waals surface area contributed by atoms with Gasteiger partial charge in [0, 0.05) is 13.0 Å². The molecule has 0 aliphatic carbocycles. The Balaban J connectivity index is 3.02. The van der Waals surface area contributed by atoms with Crippen molar-refractivity contribution in [3.05, 3.63) is 39.6 Å². The Hall–Kier alpha value is -2.55. The molecule has 0 unspecified atom stereocenters. The minimum atomic E-state index is -0.466. The average molecular weight is 248 g/mol. The van der Waals surface area contributed by atoms with Crippen molar-refractivity contribution in [2.75, 3.05) is 13.7 Å². The molecule has 6 nitrogen and oxygen atoms in total. The van der Waals surface area contributed by atoms with Gasteiger partial charge in [0.15, 0.2) is 18.1 Å². The second-order valence-electron chi connectivity index (χ2n) is 3.40. The number of rotatable bonds is 5. The highest BCUT2D eigenvalue weighted by Gasteiger charge is 2.07. The molecule has 94 valence electrons. The van der Waals surface area contributed by atoms with Gasteiger partial charge >= 0.3 is 0 Å². The Kier molecular flexibility index (Phi) is 4.69. The highest BCUT2D eigenvalue weighted by Crippen LogP contribution is 2.28. The molecule has 0 atom stereocenters. The quantitative estimate of drug-likeness (QED) is 0.589. The van der Waals surface area contributed by atoms with Gasteiger partial charge in [-0.2, -0.15) is 5.26 Å². The molecule has 0 spiro atoms. The third kappa shape index (κ3) is 3.49. The van der Waals surface area contributed by atoms with Crippen LogP contribution in [0.2, 0.25) is 0 Å². The number of ether oxygens (including phenoxy) is 2. The van der Waals surface area contributed by atoms with E-state index in [0.717, 1.165) is 0 Å². The lowest BCUT2D eigenvalue weighted by Gasteiger charge is -2.08. The summed E-state index contributed by atoms with van der Waals surface area (Å²) < 4.78 is 10.2. The summed E-state index contributed by atoms with van der Waals surface area (Å²) in [5.41, 5.74) is 0.660. The first-order valence-electron chi connectivity index (χ1n) is 5.09. The first kappa shape index (κ1) is 13.5. The van der Waals surface area contributed by atoms with E-state index < -0.39 is 4.92 Å². The number of allylic oxidation sites excluding steroid dienone is 1. The molecule has 1 rings (SSSR count). The summed E-state index contributed by atoms with van der Waals surface area (Å²) in [6.07, 6.45) is 1.43. The highest BCUT2D eigenvalue weighted by atomic mass is 16.6. The lowest BCUT2D eigenvalue weighted by atomic mass is 10.1. The smallest absolute Gasteiger partial charge is 0.243 e. The molecule has 0 aliphatic rings. The summed E-state index contributed by atoms with van der Waals surface area (Å²) in [6, 6.07) is 6.72. The molecule has 0 aliphatic heterocycles. The largest absolute Gasteiger partial charge is 0.493 e. The maximum absolute atomic E-state index is 10.5. The molecule has 6 heteroatoms. The van der Waals surface area contributed by atoms with Crippen LogP contribution >= 0.6 is 0 Å². The van der Waals surface area contributed by atoms with Crippen LogP contribution in [-0.2, 0) is 0 Å². The van der Waals surface area contributed by atoms with Crippen molar-refractivity contribution in [2.45, 2.75) is 6.92 Å². The van der Waals surface area contributed by atoms with E-state index in [1.807, 2.05) is 6.07 Å². The van der Waals surface area contributed by atoms with Crippen molar-refractivity contribution in [3.8, 4) is 17.6 Å². The fraction of sp³-hybridized carbons (Fsp3) is 0.250. The molecule has 0 amide bonds. The van der Waals surface area contributed by atoms with E-state index in [2.05, 4.69) is 0 Å². The zero-order valence-electron chi connectivity index (χ0n) is 10.0. The van der Waals surface area contributed by atoms with Crippen LogP contribution in [0, 0.1) is 21.4 Å². The zero-order chi connectivity index (χ0) is 13.5. The molecule has 0 bridgehead atoms. The first-order chi connectivity index (χ1) is 8.58. The molecule has 1 aromatic carbocycles. The van der Waals surface area contributed by atoms with Gasteiger partial charge in [0.2, 0.25) is 5.70 Å². The van der Waals surface area contributed by atoms with Gasteiger partial charge in [-0.15, -0.1) is 0 Å². The predicted octanol–water partition coefficient (Wildman–Crippen LogP) is 2.24. The molecule has 0 heterocycles. The van der Waals surface area contributed by atoms with Crippen LogP contribution in [0.5, 0.6) is 11.5 Å². The average Bonchev–Trinajstić information content (AvgIpc) is 2.36. The third-order valence-corrected chi connectivity index (χ3v) is 2.14. The van der Waals surface area contributed by atoms with Crippen molar-refractivity contribution >= 4 is 6.08 Å². The summed E-state index contributed by atoms with van der Waals surface area (Å²) in [5, 5.41) is 18.9. The summed E-state index contributed by atoms with van der Waals surface area (Å²) in [6.45, 7) is 1.33. The Morgan fingerprint density at radius 1 is 1.56 bits per heavy atom. The summed E-state index contributed by atoms with van der Waals surface area (Å²) in [7, 11) is 1.46. The molecule has 0 saturated heterocycles. The van der Waals surface area contributed by atoms with Crippen molar-refractivity contribution in [1.82, 2.24) is 0 Å². The molecular weight excluding hydrogens is 236 g/mol. The van der Waals surface area contributed by atoms with Crippen LogP contribution < -0.4 is 9.47 Å². The van der Waals surface area contributed by atoms with Gasteiger partial charge in [-0.25, -0.2) is 0 Å². The fourth-order valence-electron chi connectivity index (χ4n) is 1.30. The lowest BCUT2D eigenvalue weighted by Crippen LogP contribution is -1.97. The topological polar surface area (TPSA) is 85.4 Å². The molecule has 0 radical (unpaired) electrons. The number of hydrogen-bond donors (Lipinski definition) is 0. The molecule has 0 aromatic heterocycles. The van der Waals surface area contributed by atoms with E-state index in [-0.39, 0.29) is 12.3 Å². The van der Waals surface area contributed by atoms with Crippen LogP contribution in [0.15, 0.2) is 23.9 Å². The van der Waals surface area contributed by atoms with Crippen LogP contribution in [-0.4, -0.2) is 18.6 Å². The number of hydrogen-bond acceptors (Lipinski definition) is 5. The number of nitrogens with zero attached hydrogens (tertiary/aromatic N) is 2. The first-order valence-corrected chi connectivity index (χ1v) is 5.09. The molecule has 0 fully saturated rings. The van der Waals surface area contributed by atoms with E-state index in [9.17, 15) is 10.1 Å². The van der Waals surface area contributed by atoms with E-state index in [4.69, 9.17) is 14.7 Å². The summed E-state index contributed by atoms with van der Waals surface area (Å²) in [4.78, 5) is 10.0. The zero-order valence-corrected chi connectivity index (χ0v) is 10.0. The SMILES string of the molecule is COc1cc(C=C(C)[N+](=O)[O-])ccc1OCC#N. The molecule has 1 aromatic rings. The second-order valence-corrected chi connectivity index (χ2v) is 3.40. The van der Waals surface area contributed by atoms with Gasteiger partial charge in [0.05, 0.1) is 12.0 Å². The van der Waals surface area contributed by atoms with Gasteiger partial charge in [0.1, 0.15) is 6.07 Å². The summed E-state index contributed by atoms with van der Waals surface area (Å²) >= 11 is 0.